The molecule has 1 N–H and O–H groups in total. The summed E-state index contributed by atoms with van der Waals surface area (Å²) in [6.07, 6.45) is 5.90. The molecule has 0 amide bonds. The summed E-state index contributed by atoms with van der Waals surface area (Å²) in [7, 11) is 0. The first-order valence-corrected chi connectivity index (χ1v) is 6.88. The van der Waals surface area contributed by atoms with Crippen molar-refractivity contribution in [3.63, 3.8) is 0 Å². The van der Waals surface area contributed by atoms with Crippen LogP contribution in [0.1, 0.15) is 31.1 Å². The lowest BCUT2D eigenvalue weighted by molar-refractivity contribution is 0.282. The van der Waals surface area contributed by atoms with Crippen molar-refractivity contribution in [3.8, 4) is 0 Å². The summed E-state index contributed by atoms with van der Waals surface area (Å²) >= 11 is 0. The average Bonchev–Trinajstić information content (AvgIpc) is 3.06. The monoisotopic (exact) mass is 269 g/mol. The normalized spacial score (nSPS) is 11.6. The molecule has 1 aromatic carbocycles. The first-order chi connectivity index (χ1) is 9.69. The molecule has 3 aromatic rings. The molecule has 0 fully saturated rings. The lowest BCUT2D eigenvalue weighted by atomic mass is 10.2. The van der Waals surface area contributed by atoms with Crippen LogP contribution in [0.5, 0.6) is 0 Å². The first-order valence-electron chi connectivity index (χ1n) is 6.88. The molecule has 4 heteroatoms. The molecular formula is C16H19N3O. The molecule has 2 aromatic heterocycles. The number of fused-ring (bicyclic) bond motifs is 1. The van der Waals surface area contributed by atoms with Crippen molar-refractivity contribution in [2.75, 3.05) is 0 Å². The van der Waals surface area contributed by atoms with E-state index in [0.29, 0.717) is 6.04 Å². The third-order valence-corrected chi connectivity index (χ3v) is 3.65. The minimum absolute atomic E-state index is 0.0846. The van der Waals surface area contributed by atoms with Gasteiger partial charge in [-0.3, -0.25) is 0 Å². The lowest BCUT2D eigenvalue weighted by Crippen LogP contribution is -2.08. The standard InChI is InChI=1S/C16H19N3O/c1-12(2)19-11-17-8-15(19)9-18-6-5-14-7-13(10-20)3-4-16(14)18/h3-8,11-12,20H,9-10H2,1-2H3. The van der Waals surface area contributed by atoms with Gasteiger partial charge >= 0.3 is 0 Å². The molecule has 0 aliphatic carbocycles. The van der Waals surface area contributed by atoms with Crippen molar-refractivity contribution in [2.24, 2.45) is 0 Å². The van der Waals surface area contributed by atoms with Crippen molar-refractivity contribution in [1.82, 2.24) is 14.1 Å². The number of benzene rings is 1. The molecule has 0 aliphatic heterocycles. The second-order valence-electron chi connectivity index (χ2n) is 5.38. The number of nitrogens with zero attached hydrogens (tertiary/aromatic N) is 3. The van der Waals surface area contributed by atoms with Crippen LogP contribution in [0.3, 0.4) is 0 Å². The molecule has 20 heavy (non-hydrogen) atoms. The van der Waals surface area contributed by atoms with Crippen LogP contribution in [-0.4, -0.2) is 19.2 Å². The molecule has 0 unspecified atom stereocenters. The van der Waals surface area contributed by atoms with Crippen LogP contribution in [-0.2, 0) is 13.2 Å². The topological polar surface area (TPSA) is 43.0 Å². The van der Waals surface area contributed by atoms with Gasteiger partial charge in [0.25, 0.3) is 0 Å². The maximum atomic E-state index is 9.19. The van der Waals surface area contributed by atoms with Crippen LogP contribution in [0.25, 0.3) is 10.9 Å². The number of aromatic nitrogens is 3. The number of hydrogen-bond acceptors (Lipinski definition) is 2. The van der Waals surface area contributed by atoms with E-state index < -0.39 is 0 Å². The molecule has 0 atom stereocenters. The van der Waals surface area contributed by atoms with Gasteiger partial charge in [0, 0.05) is 24.0 Å². The van der Waals surface area contributed by atoms with Crippen molar-refractivity contribution in [1.29, 1.82) is 0 Å². The fourth-order valence-electron chi connectivity index (χ4n) is 2.58. The van der Waals surface area contributed by atoms with E-state index in [2.05, 4.69) is 46.3 Å². The Morgan fingerprint density at radius 2 is 2.10 bits per heavy atom. The number of rotatable bonds is 4. The summed E-state index contributed by atoms with van der Waals surface area (Å²) in [4.78, 5) is 4.25. The minimum atomic E-state index is 0.0846. The molecule has 0 bridgehead atoms. The van der Waals surface area contributed by atoms with Gasteiger partial charge < -0.3 is 14.2 Å². The predicted octanol–water partition coefficient (Wildman–Crippen LogP) is 2.96. The molecule has 3 rings (SSSR count). The van der Waals surface area contributed by atoms with Gasteiger partial charge in [-0.15, -0.1) is 0 Å². The molecule has 4 nitrogen and oxygen atoms in total. The number of aliphatic hydroxyl groups is 1. The molecule has 0 spiro atoms. The van der Waals surface area contributed by atoms with E-state index in [1.165, 1.54) is 11.2 Å². The predicted molar refractivity (Wildman–Crippen MR) is 79.6 cm³/mol. The Balaban J connectivity index is 1.97. The van der Waals surface area contributed by atoms with Crippen LogP contribution in [0, 0.1) is 0 Å². The van der Waals surface area contributed by atoms with Gasteiger partial charge in [-0.2, -0.15) is 0 Å². The molecule has 0 saturated heterocycles. The highest BCUT2D eigenvalue weighted by Crippen LogP contribution is 2.20. The van der Waals surface area contributed by atoms with Crippen LogP contribution in [0.15, 0.2) is 43.0 Å². The van der Waals surface area contributed by atoms with E-state index >= 15 is 0 Å². The molecule has 104 valence electrons. The molecule has 0 radical (unpaired) electrons. The van der Waals surface area contributed by atoms with Gasteiger partial charge in [0.15, 0.2) is 0 Å². The summed E-state index contributed by atoms with van der Waals surface area (Å²) < 4.78 is 4.40. The largest absolute Gasteiger partial charge is 0.392 e. The lowest BCUT2D eigenvalue weighted by Gasteiger charge is -2.13. The van der Waals surface area contributed by atoms with E-state index in [4.69, 9.17) is 0 Å². The highest BCUT2D eigenvalue weighted by molar-refractivity contribution is 5.80. The third kappa shape index (κ3) is 2.23. The van der Waals surface area contributed by atoms with Crippen LogP contribution >= 0.6 is 0 Å². The van der Waals surface area contributed by atoms with E-state index in [-0.39, 0.29) is 6.61 Å². The maximum absolute atomic E-state index is 9.19. The van der Waals surface area contributed by atoms with Gasteiger partial charge in [0.1, 0.15) is 0 Å². The Bertz CT molecular complexity index is 724. The van der Waals surface area contributed by atoms with Gasteiger partial charge in [-0.05, 0) is 43.0 Å². The Labute approximate surface area is 118 Å². The van der Waals surface area contributed by atoms with E-state index in [9.17, 15) is 5.11 Å². The van der Waals surface area contributed by atoms with Crippen LogP contribution < -0.4 is 0 Å². The van der Waals surface area contributed by atoms with Crippen molar-refractivity contribution >= 4 is 10.9 Å². The SMILES string of the molecule is CC(C)n1cncc1Cn1ccc2cc(CO)ccc21. The van der Waals surface area contributed by atoms with E-state index in [1.54, 1.807) is 0 Å². The summed E-state index contributed by atoms with van der Waals surface area (Å²) in [6.45, 7) is 5.21. The summed E-state index contributed by atoms with van der Waals surface area (Å²) in [5, 5.41) is 10.3. The van der Waals surface area contributed by atoms with Crippen LogP contribution in [0.2, 0.25) is 0 Å². The smallest absolute Gasteiger partial charge is 0.0951 e. The molecule has 2 heterocycles. The highest BCUT2D eigenvalue weighted by atomic mass is 16.3. The zero-order chi connectivity index (χ0) is 14.1. The number of aliphatic hydroxyl groups excluding tert-OH is 1. The Hall–Kier alpha value is -2.07. The maximum Gasteiger partial charge on any atom is 0.0951 e. The molecule has 0 aliphatic rings. The van der Waals surface area contributed by atoms with Crippen molar-refractivity contribution in [2.45, 2.75) is 33.0 Å². The second kappa shape index (κ2) is 5.13. The summed E-state index contributed by atoms with van der Waals surface area (Å²) in [6, 6.07) is 8.57. The van der Waals surface area contributed by atoms with E-state index in [0.717, 1.165) is 17.5 Å². The Kier molecular flexibility index (Phi) is 3.32. The van der Waals surface area contributed by atoms with Crippen molar-refractivity contribution in [3.05, 3.63) is 54.2 Å². The molecule has 0 saturated carbocycles. The fourth-order valence-corrected chi connectivity index (χ4v) is 2.58. The average molecular weight is 269 g/mol. The minimum Gasteiger partial charge on any atom is -0.392 e. The van der Waals surface area contributed by atoms with Gasteiger partial charge in [0.05, 0.1) is 25.2 Å². The second-order valence-corrected chi connectivity index (χ2v) is 5.38. The van der Waals surface area contributed by atoms with Gasteiger partial charge in [-0.1, -0.05) is 6.07 Å². The van der Waals surface area contributed by atoms with E-state index in [1.807, 2.05) is 24.7 Å². The quantitative estimate of drug-likeness (QED) is 0.791. The zero-order valence-corrected chi connectivity index (χ0v) is 11.8. The van der Waals surface area contributed by atoms with Crippen molar-refractivity contribution < 1.29 is 5.11 Å². The fraction of sp³-hybridized carbons (Fsp3) is 0.312. The Morgan fingerprint density at radius 1 is 1.25 bits per heavy atom. The first kappa shape index (κ1) is 12.9. The number of imidazole rings is 1. The van der Waals surface area contributed by atoms with Crippen LogP contribution in [0.4, 0.5) is 0 Å². The van der Waals surface area contributed by atoms with Gasteiger partial charge in [0.2, 0.25) is 0 Å². The zero-order valence-electron chi connectivity index (χ0n) is 11.8. The molecular weight excluding hydrogens is 250 g/mol. The number of hydrogen-bond donors (Lipinski definition) is 1. The van der Waals surface area contributed by atoms with Gasteiger partial charge in [-0.25, -0.2) is 4.98 Å². The summed E-state index contributed by atoms with van der Waals surface area (Å²) in [5.41, 5.74) is 3.32. The highest BCUT2D eigenvalue weighted by Gasteiger charge is 2.08. The Morgan fingerprint density at radius 3 is 2.85 bits per heavy atom. The third-order valence-electron chi connectivity index (χ3n) is 3.65. The summed E-state index contributed by atoms with van der Waals surface area (Å²) in [5.74, 6) is 0.